The van der Waals surface area contributed by atoms with Gasteiger partial charge in [-0.05, 0) is 19.4 Å². The average Bonchev–Trinajstić information content (AvgIpc) is 3.25. The number of alkyl halides is 3. The lowest BCUT2D eigenvalue weighted by Crippen LogP contribution is -2.58. The molecule has 2 aromatic rings. The van der Waals surface area contributed by atoms with E-state index in [9.17, 15) is 18.0 Å². The number of nitrogens with one attached hydrogen (secondary N) is 2. The maximum atomic E-state index is 12.7. The molecular weight excluding hydrogens is 337 g/mol. The third-order valence-corrected chi connectivity index (χ3v) is 4.38. The molecule has 1 aliphatic heterocycles. The van der Waals surface area contributed by atoms with Crippen molar-refractivity contribution < 1.29 is 18.0 Å². The van der Waals surface area contributed by atoms with Crippen molar-refractivity contribution in [2.24, 2.45) is 0 Å². The number of aromatic amines is 1. The van der Waals surface area contributed by atoms with Crippen LogP contribution in [0.25, 0.3) is 0 Å². The van der Waals surface area contributed by atoms with Crippen LogP contribution in [0.15, 0.2) is 31.1 Å². The van der Waals surface area contributed by atoms with Crippen molar-refractivity contribution in [1.29, 1.82) is 0 Å². The zero-order valence-corrected chi connectivity index (χ0v) is 13.5. The van der Waals surface area contributed by atoms with E-state index < -0.39 is 24.2 Å². The Kier molecular flexibility index (Phi) is 4.80. The van der Waals surface area contributed by atoms with Gasteiger partial charge in [-0.3, -0.25) is 14.8 Å². The summed E-state index contributed by atoms with van der Waals surface area (Å²) in [6, 6.07) is 0. The number of halogens is 3. The fraction of sp³-hybridized carbons (Fsp3) is 0.533. The molecule has 7 nitrogen and oxygen atoms in total. The monoisotopic (exact) mass is 356 g/mol. The maximum absolute atomic E-state index is 12.7. The molecule has 0 saturated carbocycles. The average molecular weight is 356 g/mol. The van der Waals surface area contributed by atoms with E-state index in [1.807, 2.05) is 10.2 Å². The Morgan fingerprint density at radius 1 is 1.44 bits per heavy atom. The van der Waals surface area contributed by atoms with Crippen LogP contribution >= 0.6 is 0 Å². The Morgan fingerprint density at radius 3 is 2.92 bits per heavy atom. The van der Waals surface area contributed by atoms with Crippen molar-refractivity contribution >= 4 is 5.91 Å². The van der Waals surface area contributed by atoms with Crippen LogP contribution in [0.1, 0.15) is 18.4 Å². The number of carbonyl (C=O) groups is 1. The second-order valence-corrected chi connectivity index (χ2v) is 6.22. The number of piperidine rings is 1. The summed E-state index contributed by atoms with van der Waals surface area (Å²) in [5, 5.41) is 8.67. The Labute approximate surface area is 142 Å². The lowest BCUT2D eigenvalue weighted by molar-refractivity contribution is -0.146. The Hall–Kier alpha value is -2.36. The van der Waals surface area contributed by atoms with E-state index in [-0.39, 0.29) is 0 Å². The Bertz CT molecular complexity index is 685. The number of imidazole rings is 1. The molecule has 1 fully saturated rings. The van der Waals surface area contributed by atoms with Crippen LogP contribution in [-0.4, -0.2) is 56.4 Å². The summed E-state index contributed by atoms with van der Waals surface area (Å²) in [7, 11) is 0. The van der Waals surface area contributed by atoms with E-state index in [4.69, 9.17) is 0 Å². The molecule has 1 saturated heterocycles. The van der Waals surface area contributed by atoms with Crippen LogP contribution in [0.5, 0.6) is 0 Å². The smallest absolute Gasteiger partial charge is 0.345 e. The van der Waals surface area contributed by atoms with Gasteiger partial charge in [0.1, 0.15) is 12.1 Å². The first-order valence-corrected chi connectivity index (χ1v) is 7.93. The molecule has 136 valence electrons. The summed E-state index contributed by atoms with van der Waals surface area (Å²) in [4.78, 5) is 18.7. The molecule has 1 unspecified atom stereocenters. The molecule has 1 aliphatic rings. The minimum atomic E-state index is -4.45. The summed E-state index contributed by atoms with van der Waals surface area (Å²) in [5.41, 5.74) is -0.152. The maximum Gasteiger partial charge on any atom is 0.405 e. The van der Waals surface area contributed by atoms with Gasteiger partial charge in [-0.1, -0.05) is 0 Å². The summed E-state index contributed by atoms with van der Waals surface area (Å²) in [5.74, 6) is -0.639. The highest BCUT2D eigenvalue weighted by Crippen LogP contribution is 2.30. The predicted octanol–water partition coefficient (Wildman–Crippen LogP) is 1.28. The molecule has 1 atom stereocenters. The van der Waals surface area contributed by atoms with Crippen molar-refractivity contribution in [3.63, 3.8) is 0 Å². The van der Waals surface area contributed by atoms with Gasteiger partial charge in [0.25, 0.3) is 0 Å². The predicted molar refractivity (Wildman–Crippen MR) is 82.4 cm³/mol. The molecule has 0 aliphatic carbocycles. The van der Waals surface area contributed by atoms with E-state index in [0.717, 1.165) is 12.1 Å². The molecule has 0 bridgehead atoms. The van der Waals surface area contributed by atoms with Gasteiger partial charge in [-0.15, -0.1) is 0 Å². The fourth-order valence-electron chi connectivity index (χ4n) is 3.25. The molecule has 2 aromatic heterocycles. The normalized spacial score (nSPS) is 22.0. The molecule has 1 amide bonds. The summed E-state index contributed by atoms with van der Waals surface area (Å²) in [6.45, 7) is 0.288. The van der Waals surface area contributed by atoms with Crippen LogP contribution in [0.2, 0.25) is 0 Å². The van der Waals surface area contributed by atoms with Gasteiger partial charge < -0.3 is 9.88 Å². The first-order chi connectivity index (χ1) is 11.9. The van der Waals surface area contributed by atoms with Gasteiger partial charge in [-0.2, -0.15) is 18.3 Å². The second-order valence-electron chi connectivity index (χ2n) is 6.22. The van der Waals surface area contributed by atoms with Crippen molar-refractivity contribution in [2.75, 3.05) is 19.6 Å². The van der Waals surface area contributed by atoms with Crippen LogP contribution in [0.4, 0.5) is 13.2 Å². The van der Waals surface area contributed by atoms with Crippen molar-refractivity contribution in [3.05, 3.63) is 36.7 Å². The van der Waals surface area contributed by atoms with Gasteiger partial charge in [0.15, 0.2) is 0 Å². The fourth-order valence-corrected chi connectivity index (χ4v) is 3.25. The first-order valence-electron chi connectivity index (χ1n) is 7.93. The van der Waals surface area contributed by atoms with Crippen molar-refractivity contribution in [3.8, 4) is 0 Å². The highest BCUT2D eigenvalue weighted by atomic mass is 19.4. The Balaban J connectivity index is 1.80. The number of aromatic nitrogens is 4. The molecule has 0 aromatic carbocycles. The summed E-state index contributed by atoms with van der Waals surface area (Å²) >= 11 is 0. The largest absolute Gasteiger partial charge is 0.405 e. The standard InChI is InChI=1S/C15H19F3N6O/c16-15(17,18)9-20-13(25)14(24-5-3-19-11-24)2-1-4-23(10-14)8-12-6-21-22-7-12/h3,5-7,11H,1-2,4,8-10H2,(H,20,25)(H,21,22). The number of likely N-dealkylation sites (tertiary alicyclic amines) is 1. The minimum Gasteiger partial charge on any atom is -0.345 e. The number of nitrogens with zero attached hydrogens (tertiary/aromatic N) is 4. The van der Waals surface area contributed by atoms with Gasteiger partial charge in [0, 0.05) is 37.2 Å². The molecule has 10 heteroatoms. The number of rotatable bonds is 5. The first kappa shape index (κ1) is 17.5. The van der Waals surface area contributed by atoms with Crippen LogP contribution in [0.3, 0.4) is 0 Å². The second kappa shape index (κ2) is 6.87. The lowest BCUT2D eigenvalue weighted by Gasteiger charge is -2.42. The van der Waals surface area contributed by atoms with E-state index >= 15 is 0 Å². The molecular formula is C15H19F3N6O. The van der Waals surface area contributed by atoms with Gasteiger partial charge in [0.2, 0.25) is 5.91 Å². The summed E-state index contributed by atoms with van der Waals surface area (Å²) < 4.78 is 39.2. The molecule has 0 radical (unpaired) electrons. The number of amides is 1. The van der Waals surface area contributed by atoms with Gasteiger partial charge >= 0.3 is 6.18 Å². The summed E-state index contributed by atoms with van der Waals surface area (Å²) in [6.07, 6.45) is 4.77. The number of carbonyl (C=O) groups excluding carboxylic acids is 1. The number of H-pyrrole nitrogens is 1. The van der Waals surface area contributed by atoms with E-state index in [2.05, 4.69) is 15.2 Å². The highest BCUT2D eigenvalue weighted by molar-refractivity contribution is 5.85. The number of hydrogen-bond donors (Lipinski definition) is 2. The molecule has 2 N–H and O–H groups in total. The van der Waals surface area contributed by atoms with Crippen LogP contribution in [-0.2, 0) is 16.9 Å². The van der Waals surface area contributed by atoms with Crippen molar-refractivity contribution in [1.82, 2.24) is 30.0 Å². The Morgan fingerprint density at radius 2 is 2.28 bits per heavy atom. The zero-order chi connectivity index (χ0) is 17.9. The third kappa shape index (κ3) is 4.01. The van der Waals surface area contributed by atoms with E-state index in [0.29, 0.717) is 25.9 Å². The van der Waals surface area contributed by atoms with Gasteiger partial charge in [0.05, 0.1) is 12.5 Å². The molecule has 3 heterocycles. The quantitative estimate of drug-likeness (QED) is 0.846. The topological polar surface area (TPSA) is 78.8 Å². The van der Waals surface area contributed by atoms with Gasteiger partial charge in [-0.25, -0.2) is 4.98 Å². The van der Waals surface area contributed by atoms with Crippen LogP contribution < -0.4 is 5.32 Å². The molecule has 3 rings (SSSR count). The third-order valence-electron chi connectivity index (χ3n) is 4.38. The molecule has 0 spiro atoms. The van der Waals surface area contributed by atoms with E-state index in [1.165, 1.54) is 12.5 Å². The van der Waals surface area contributed by atoms with Crippen LogP contribution in [0, 0.1) is 0 Å². The number of hydrogen-bond acceptors (Lipinski definition) is 4. The minimum absolute atomic E-state index is 0.304. The highest BCUT2D eigenvalue weighted by Gasteiger charge is 2.44. The lowest BCUT2D eigenvalue weighted by atomic mass is 9.87. The zero-order valence-electron chi connectivity index (χ0n) is 13.5. The van der Waals surface area contributed by atoms with Crippen molar-refractivity contribution in [2.45, 2.75) is 31.1 Å². The molecule has 25 heavy (non-hydrogen) atoms. The SMILES string of the molecule is O=C(NCC(F)(F)F)C1(n2ccnc2)CCCN(Cc2cn[nH]c2)C1. The van der Waals surface area contributed by atoms with E-state index in [1.54, 1.807) is 23.2 Å².